The van der Waals surface area contributed by atoms with Crippen molar-refractivity contribution in [3.8, 4) is 0 Å². The number of hydrogen-bond acceptors (Lipinski definition) is 3. The monoisotopic (exact) mass is 337 g/mol. The van der Waals surface area contributed by atoms with Crippen molar-refractivity contribution >= 4 is 15.7 Å². The number of alkyl halides is 3. The van der Waals surface area contributed by atoms with Gasteiger partial charge in [0.25, 0.3) is 5.91 Å². The highest BCUT2D eigenvalue weighted by molar-refractivity contribution is 7.92. The molecule has 1 aromatic carbocycles. The van der Waals surface area contributed by atoms with Crippen LogP contribution in [0.25, 0.3) is 0 Å². The first-order chi connectivity index (χ1) is 9.84. The van der Waals surface area contributed by atoms with E-state index in [0.29, 0.717) is 0 Å². The Morgan fingerprint density at radius 2 is 1.59 bits per heavy atom. The minimum atomic E-state index is -4.46. The van der Waals surface area contributed by atoms with Gasteiger partial charge in [0.05, 0.1) is 16.1 Å². The molecule has 8 heteroatoms. The van der Waals surface area contributed by atoms with Gasteiger partial charge in [0.1, 0.15) is 0 Å². The Morgan fingerprint density at radius 1 is 1.09 bits per heavy atom. The summed E-state index contributed by atoms with van der Waals surface area (Å²) < 4.78 is 60.0. The van der Waals surface area contributed by atoms with Crippen LogP contribution >= 0.6 is 0 Å². The molecule has 124 valence electrons. The minimum absolute atomic E-state index is 0.0427. The Hall–Kier alpha value is -1.57. The van der Waals surface area contributed by atoms with Crippen LogP contribution < -0.4 is 5.32 Å². The van der Waals surface area contributed by atoms with Gasteiger partial charge in [0, 0.05) is 12.1 Å². The first-order valence-electron chi connectivity index (χ1n) is 6.52. The summed E-state index contributed by atoms with van der Waals surface area (Å²) in [5, 5.41) is 2.39. The Balaban J connectivity index is 2.64. The van der Waals surface area contributed by atoms with E-state index in [2.05, 4.69) is 5.32 Å². The lowest BCUT2D eigenvalue weighted by molar-refractivity contribution is -0.137. The van der Waals surface area contributed by atoms with E-state index in [0.717, 1.165) is 24.3 Å². The molecule has 0 saturated heterocycles. The molecular formula is C14H18F3NO3S. The number of benzene rings is 1. The van der Waals surface area contributed by atoms with Crippen LogP contribution in [-0.2, 0) is 16.0 Å². The average Bonchev–Trinajstić information content (AvgIpc) is 2.36. The van der Waals surface area contributed by atoms with Crippen LogP contribution in [0.5, 0.6) is 0 Å². The molecule has 4 nitrogen and oxygen atoms in total. The number of carbonyl (C=O) groups excluding carboxylic acids is 1. The maximum absolute atomic E-state index is 12.4. The summed E-state index contributed by atoms with van der Waals surface area (Å²) in [6, 6.07) is 3.72. The van der Waals surface area contributed by atoms with Crippen molar-refractivity contribution in [1.29, 1.82) is 0 Å². The van der Waals surface area contributed by atoms with E-state index in [1.54, 1.807) is 20.8 Å². The Labute approximate surface area is 127 Å². The van der Waals surface area contributed by atoms with Gasteiger partial charge in [-0.05, 0) is 45.0 Å². The zero-order valence-corrected chi connectivity index (χ0v) is 13.3. The highest BCUT2D eigenvalue weighted by atomic mass is 32.2. The number of sulfone groups is 1. The average molecular weight is 337 g/mol. The Bertz CT molecular complexity index is 629. The van der Waals surface area contributed by atoms with Crippen LogP contribution in [0.1, 0.15) is 36.7 Å². The van der Waals surface area contributed by atoms with Crippen LogP contribution in [0.2, 0.25) is 0 Å². The summed E-state index contributed by atoms with van der Waals surface area (Å²) in [6.07, 6.45) is -4.46. The first kappa shape index (κ1) is 18.5. The molecule has 0 saturated carbocycles. The van der Waals surface area contributed by atoms with Gasteiger partial charge in [-0.3, -0.25) is 4.79 Å². The zero-order valence-electron chi connectivity index (χ0n) is 12.5. The van der Waals surface area contributed by atoms with Crippen molar-refractivity contribution in [3.63, 3.8) is 0 Å². The number of carbonyl (C=O) groups is 1. The predicted molar refractivity (Wildman–Crippen MR) is 77.3 cm³/mol. The summed E-state index contributed by atoms with van der Waals surface area (Å²) in [6.45, 7) is 4.57. The molecule has 0 aliphatic rings. The number of amides is 1. The lowest BCUT2D eigenvalue weighted by Gasteiger charge is -2.19. The molecule has 0 atom stereocenters. The molecule has 0 spiro atoms. The molecule has 0 fully saturated rings. The van der Waals surface area contributed by atoms with Crippen molar-refractivity contribution < 1.29 is 26.4 Å². The van der Waals surface area contributed by atoms with Gasteiger partial charge in [-0.2, -0.15) is 13.2 Å². The SMILES string of the molecule is CC(C)(C)S(=O)(=O)CCNC(=O)c1ccc(C(F)(F)F)cc1. The molecule has 0 aromatic heterocycles. The predicted octanol–water partition coefficient (Wildman–Crippen LogP) is 2.65. The Kier molecular flexibility index (Phi) is 5.27. The zero-order chi connectivity index (χ0) is 17.2. The molecule has 0 bridgehead atoms. The lowest BCUT2D eigenvalue weighted by Crippen LogP contribution is -2.36. The highest BCUT2D eigenvalue weighted by Gasteiger charge is 2.30. The molecule has 0 unspecified atom stereocenters. The summed E-state index contributed by atoms with van der Waals surface area (Å²) >= 11 is 0. The van der Waals surface area contributed by atoms with Gasteiger partial charge in [-0.15, -0.1) is 0 Å². The van der Waals surface area contributed by atoms with Crippen molar-refractivity contribution in [2.75, 3.05) is 12.3 Å². The molecule has 0 heterocycles. The highest BCUT2D eigenvalue weighted by Crippen LogP contribution is 2.29. The summed E-state index contributed by atoms with van der Waals surface area (Å²) in [5.41, 5.74) is -0.805. The standard InChI is InChI=1S/C14H18F3NO3S/c1-13(2,3)22(20,21)9-8-18-12(19)10-4-6-11(7-5-10)14(15,16)17/h4-7H,8-9H2,1-3H3,(H,18,19). The van der Waals surface area contributed by atoms with Gasteiger partial charge in [0.2, 0.25) is 0 Å². The summed E-state index contributed by atoms with van der Waals surface area (Å²) in [7, 11) is -3.37. The molecule has 1 rings (SSSR count). The van der Waals surface area contributed by atoms with Crippen molar-refractivity contribution in [3.05, 3.63) is 35.4 Å². The van der Waals surface area contributed by atoms with Crippen LogP contribution in [-0.4, -0.2) is 31.4 Å². The second-order valence-electron chi connectivity index (χ2n) is 5.76. The van der Waals surface area contributed by atoms with Crippen molar-refractivity contribution in [1.82, 2.24) is 5.32 Å². The number of halogens is 3. The van der Waals surface area contributed by atoms with Crippen LogP contribution in [0.15, 0.2) is 24.3 Å². The second kappa shape index (κ2) is 6.28. The van der Waals surface area contributed by atoms with Gasteiger partial charge >= 0.3 is 6.18 Å². The number of rotatable bonds is 4. The summed E-state index contributed by atoms with van der Waals surface area (Å²) in [4.78, 5) is 11.8. The van der Waals surface area contributed by atoms with E-state index in [-0.39, 0.29) is 17.9 Å². The van der Waals surface area contributed by atoms with Gasteiger partial charge < -0.3 is 5.32 Å². The maximum Gasteiger partial charge on any atom is 0.416 e. The molecule has 0 aliphatic carbocycles. The normalized spacial score (nSPS) is 13.0. The molecular weight excluding hydrogens is 319 g/mol. The fraction of sp³-hybridized carbons (Fsp3) is 0.500. The van der Waals surface area contributed by atoms with E-state index < -0.39 is 32.2 Å². The maximum atomic E-state index is 12.4. The van der Waals surface area contributed by atoms with E-state index in [1.807, 2.05) is 0 Å². The molecule has 0 radical (unpaired) electrons. The lowest BCUT2D eigenvalue weighted by atomic mass is 10.1. The van der Waals surface area contributed by atoms with E-state index >= 15 is 0 Å². The van der Waals surface area contributed by atoms with E-state index in [9.17, 15) is 26.4 Å². The summed E-state index contributed by atoms with van der Waals surface area (Å²) in [5.74, 6) is -0.846. The molecule has 22 heavy (non-hydrogen) atoms. The third-order valence-corrected chi connectivity index (χ3v) is 5.67. The van der Waals surface area contributed by atoms with Crippen LogP contribution in [0.4, 0.5) is 13.2 Å². The Morgan fingerprint density at radius 3 is 2.00 bits per heavy atom. The van der Waals surface area contributed by atoms with Gasteiger partial charge in [-0.1, -0.05) is 0 Å². The van der Waals surface area contributed by atoms with E-state index in [1.165, 1.54) is 0 Å². The molecule has 1 N–H and O–H groups in total. The third kappa shape index (κ3) is 4.72. The second-order valence-corrected chi connectivity index (χ2v) is 8.62. The third-order valence-electron chi connectivity index (χ3n) is 3.06. The largest absolute Gasteiger partial charge is 0.416 e. The van der Waals surface area contributed by atoms with Crippen LogP contribution in [0.3, 0.4) is 0 Å². The van der Waals surface area contributed by atoms with Crippen molar-refractivity contribution in [2.24, 2.45) is 0 Å². The molecule has 1 amide bonds. The fourth-order valence-corrected chi connectivity index (χ4v) is 2.50. The van der Waals surface area contributed by atoms with Gasteiger partial charge in [-0.25, -0.2) is 8.42 Å². The van der Waals surface area contributed by atoms with Crippen LogP contribution in [0, 0.1) is 0 Å². The molecule has 1 aromatic rings. The van der Waals surface area contributed by atoms with E-state index in [4.69, 9.17) is 0 Å². The first-order valence-corrected chi connectivity index (χ1v) is 8.17. The smallest absolute Gasteiger partial charge is 0.351 e. The number of nitrogens with one attached hydrogen (secondary N) is 1. The van der Waals surface area contributed by atoms with Crippen molar-refractivity contribution in [2.45, 2.75) is 31.7 Å². The number of hydrogen-bond donors (Lipinski definition) is 1. The quantitative estimate of drug-likeness (QED) is 0.919. The fourth-order valence-electron chi connectivity index (χ4n) is 1.52. The minimum Gasteiger partial charge on any atom is -0.351 e. The van der Waals surface area contributed by atoms with Gasteiger partial charge in [0.15, 0.2) is 9.84 Å². The molecule has 0 aliphatic heterocycles. The topological polar surface area (TPSA) is 63.2 Å².